The van der Waals surface area contributed by atoms with E-state index in [1.807, 2.05) is 140 Å². The number of nitrogens with zero attached hydrogens (tertiary/aromatic N) is 7. The molecule has 7 nitrogen and oxygen atoms in total. The average molecular weight is 1170 g/mol. The molecule has 0 saturated carbocycles. The lowest BCUT2D eigenvalue weighted by atomic mass is 9.97. The molecule has 0 N–H and O–H groups in total. The number of hydrogen-bond donors (Lipinski definition) is 0. The molecule has 0 aliphatic rings. The Labute approximate surface area is 516 Å². The zero-order chi connectivity index (χ0) is 61.7. The van der Waals surface area contributed by atoms with Crippen molar-refractivity contribution in [1.82, 2.24) is 18.3 Å². The van der Waals surface area contributed by atoms with Gasteiger partial charge in [-0.1, -0.05) is 144 Å². The van der Waals surface area contributed by atoms with Gasteiger partial charge in [0.15, 0.2) is 0 Å². The third-order valence-corrected chi connectivity index (χ3v) is 17.5. The highest BCUT2D eigenvalue weighted by Gasteiger charge is 2.37. The van der Waals surface area contributed by atoms with Crippen molar-refractivity contribution in [3.05, 3.63) is 287 Å². The second-order valence-corrected chi connectivity index (χ2v) is 23.3. The van der Waals surface area contributed by atoms with Crippen LogP contribution >= 0.6 is 0 Å². The molecule has 0 fully saturated rings. The summed E-state index contributed by atoms with van der Waals surface area (Å²) in [6, 6.07) is 85.9. The second-order valence-electron chi connectivity index (χ2n) is 23.3. The van der Waals surface area contributed by atoms with Crippen molar-refractivity contribution in [2.45, 2.75) is 33.9 Å². The lowest BCUT2D eigenvalue weighted by Gasteiger charge is -2.22. The molecule has 428 valence electrons. The number of halogens is 3. The first-order valence-corrected chi connectivity index (χ1v) is 29.6. The van der Waals surface area contributed by atoms with Gasteiger partial charge in [-0.3, -0.25) is 0 Å². The predicted octanol–water partition coefficient (Wildman–Crippen LogP) is 21.0. The molecule has 16 aromatic rings. The summed E-state index contributed by atoms with van der Waals surface area (Å²) in [5.74, 6) is 0. The molecule has 0 spiro atoms. The van der Waals surface area contributed by atoms with Crippen molar-refractivity contribution in [1.29, 1.82) is 15.8 Å². The zero-order valence-corrected chi connectivity index (χ0v) is 49.4. The summed E-state index contributed by atoms with van der Waals surface area (Å²) >= 11 is 0. The summed E-state index contributed by atoms with van der Waals surface area (Å²) in [6.45, 7) is 8.21. The Balaban J connectivity index is 0.000000150. The van der Waals surface area contributed by atoms with Crippen LogP contribution in [0.25, 0.3) is 132 Å². The summed E-state index contributed by atoms with van der Waals surface area (Å²) in [5, 5.41) is 38.6. The molecular weight excluding hydrogens is 1120 g/mol. The van der Waals surface area contributed by atoms with Crippen molar-refractivity contribution in [2.75, 3.05) is 0 Å². The lowest BCUT2D eigenvalue weighted by molar-refractivity contribution is -0.137. The van der Waals surface area contributed by atoms with E-state index in [1.54, 1.807) is 28.8 Å². The fraction of sp³-hybridized carbons (Fsp3) is 0.0625. The van der Waals surface area contributed by atoms with Crippen LogP contribution in [0.4, 0.5) is 13.2 Å². The summed E-state index contributed by atoms with van der Waals surface area (Å²) in [7, 11) is 0. The molecule has 0 aliphatic heterocycles. The maximum absolute atomic E-state index is 15.4. The Morgan fingerprint density at radius 1 is 0.289 bits per heavy atom. The molecule has 0 unspecified atom stereocenters. The average Bonchev–Trinajstić information content (AvgIpc) is 1.53. The van der Waals surface area contributed by atoms with E-state index < -0.39 is 11.7 Å². The topological polar surface area (TPSA) is 91.1 Å². The number of alkyl halides is 3. The summed E-state index contributed by atoms with van der Waals surface area (Å²) in [5.41, 5.74) is 17.7. The van der Waals surface area contributed by atoms with Crippen LogP contribution < -0.4 is 0 Å². The van der Waals surface area contributed by atoms with Gasteiger partial charge in [0.1, 0.15) is 6.07 Å². The highest BCUT2D eigenvalue weighted by atomic mass is 19.4. The van der Waals surface area contributed by atoms with Gasteiger partial charge in [-0.15, -0.1) is 0 Å². The molecule has 0 saturated heterocycles. The SMILES string of the molecule is Cc1ccc2c(c1)c1ccccc1n2-c1cc(-c2cccc(C#N)c2)c(-n2c3ccccc3c3cc(C)ccc32)cc1C#N.Cc1ccc2c(c1)c1ccccc1n2-c1cc(C(F)(F)F)c(-n2c3ccccc3c3cc(C)ccc32)cc1-c1cccc(C#N)c1. The Morgan fingerprint density at radius 3 is 0.967 bits per heavy atom. The van der Waals surface area contributed by atoms with Gasteiger partial charge >= 0.3 is 6.18 Å². The first kappa shape index (κ1) is 54.7. The van der Waals surface area contributed by atoms with Crippen LogP contribution in [-0.4, -0.2) is 18.3 Å². The maximum atomic E-state index is 15.4. The van der Waals surface area contributed by atoms with E-state index in [0.29, 0.717) is 44.5 Å². The number of rotatable bonds is 6. The van der Waals surface area contributed by atoms with Crippen LogP contribution in [0, 0.1) is 61.7 Å². The van der Waals surface area contributed by atoms with Crippen LogP contribution in [0.15, 0.2) is 243 Å². The third-order valence-electron chi connectivity index (χ3n) is 17.5. The first-order valence-electron chi connectivity index (χ1n) is 29.6. The van der Waals surface area contributed by atoms with Crippen LogP contribution in [-0.2, 0) is 6.18 Å². The first-order chi connectivity index (χ1) is 43.8. The Hall–Kier alpha value is -11.9. The van der Waals surface area contributed by atoms with Gasteiger partial charge in [-0.25, -0.2) is 0 Å². The number of benzene rings is 12. The molecule has 0 radical (unpaired) electrons. The number of fused-ring (bicyclic) bond motifs is 12. The zero-order valence-electron chi connectivity index (χ0n) is 49.4. The van der Waals surface area contributed by atoms with Crippen molar-refractivity contribution in [3.63, 3.8) is 0 Å². The van der Waals surface area contributed by atoms with E-state index in [2.05, 4.69) is 132 Å². The second kappa shape index (κ2) is 21.2. The molecule has 0 aliphatic carbocycles. The highest BCUT2D eigenvalue weighted by molar-refractivity contribution is 6.14. The number of aryl methyl sites for hydroxylation is 4. The fourth-order valence-corrected chi connectivity index (χ4v) is 13.6. The summed E-state index contributed by atoms with van der Waals surface area (Å²) in [6.07, 6.45) is -4.67. The van der Waals surface area contributed by atoms with Gasteiger partial charge in [0.2, 0.25) is 0 Å². The summed E-state index contributed by atoms with van der Waals surface area (Å²) < 4.78 is 54.3. The molecular formula is C80H52F3N7. The number of hydrogen-bond acceptors (Lipinski definition) is 3. The van der Waals surface area contributed by atoms with Gasteiger partial charge in [0.25, 0.3) is 0 Å². The van der Waals surface area contributed by atoms with E-state index in [9.17, 15) is 15.8 Å². The minimum Gasteiger partial charge on any atom is -0.309 e. The van der Waals surface area contributed by atoms with Gasteiger partial charge < -0.3 is 18.3 Å². The molecule has 12 aromatic carbocycles. The van der Waals surface area contributed by atoms with Crippen LogP contribution in [0.3, 0.4) is 0 Å². The number of nitriles is 3. The smallest absolute Gasteiger partial charge is 0.309 e. The number of para-hydroxylation sites is 4. The van der Waals surface area contributed by atoms with Gasteiger partial charge in [-0.05, 0) is 160 Å². The Bertz CT molecular complexity index is 5830. The third kappa shape index (κ3) is 8.86. The van der Waals surface area contributed by atoms with Crippen LogP contribution in [0.2, 0.25) is 0 Å². The Morgan fingerprint density at radius 2 is 0.611 bits per heavy atom. The predicted molar refractivity (Wildman–Crippen MR) is 359 cm³/mol. The fourth-order valence-electron chi connectivity index (χ4n) is 13.6. The molecule has 10 heteroatoms. The quantitative estimate of drug-likeness (QED) is 0.166. The van der Waals surface area contributed by atoms with E-state index in [1.165, 1.54) is 17.2 Å². The minimum atomic E-state index is -4.67. The summed E-state index contributed by atoms with van der Waals surface area (Å²) in [4.78, 5) is 0. The van der Waals surface area contributed by atoms with Gasteiger partial charge in [0, 0.05) is 54.2 Å². The molecule has 0 atom stereocenters. The minimum absolute atomic E-state index is 0.0280. The standard InChI is InChI=1S/C40H26F3N3.C40H26N4/c1-24-14-16-36-31(18-24)28-10-3-5-12-34(28)45(36)38-22-33(40(41,42)43)39(21-30(38)27-9-7-8-26(20-27)23-44)46-35-13-6-4-11-29(35)32-19-25(2)15-17-37(32)46;1-25-14-16-37-33(18-25)30-10-3-5-12-35(30)43(37)39-22-32(28-9-7-8-27(20-28)23-41)40(21-29(39)24-42)44-36-13-6-4-11-31(36)34-19-26(2)15-17-38(34)44/h3-22H,1-2H3;3-22H,1-2H3. The van der Waals surface area contributed by atoms with Gasteiger partial charge in [0.05, 0.1) is 101 Å². The molecule has 0 bridgehead atoms. The van der Waals surface area contributed by atoms with Crippen molar-refractivity contribution in [3.8, 4) is 63.2 Å². The molecule has 4 heterocycles. The van der Waals surface area contributed by atoms with E-state index in [0.717, 1.165) is 110 Å². The van der Waals surface area contributed by atoms with Gasteiger partial charge in [-0.2, -0.15) is 29.0 Å². The van der Waals surface area contributed by atoms with E-state index in [-0.39, 0.29) is 5.69 Å². The Kier molecular flexibility index (Phi) is 12.9. The highest BCUT2D eigenvalue weighted by Crippen LogP contribution is 2.46. The van der Waals surface area contributed by atoms with Crippen LogP contribution in [0.1, 0.15) is 44.5 Å². The van der Waals surface area contributed by atoms with Crippen LogP contribution in [0.5, 0.6) is 0 Å². The molecule has 4 aromatic heterocycles. The lowest BCUT2D eigenvalue weighted by Crippen LogP contribution is -2.13. The number of aromatic nitrogens is 4. The molecule has 16 rings (SSSR count). The monoisotopic (exact) mass is 1170 g/mol. The van der Waals surface area contributed by atoms with Crippen molar-refractivity contribution < 1.29 is 13.2 Å². The normalized spacial score (nSPS) is 11.7. The molecule has 0 amide bonds. The van der Waals surface area contributed by atoms with Crippen molar-refractivity contribution >= 4 is 87.2 Å². The molecule has 90 heavy (non-hydrogen) atoms. The van der Waals surface area contributed by atoms with Crippen molar-refractivity contribution in [2.24, 2.45) is 0 Å². The maximum Gasteiger partial charge on any atom is 0.418 e. The van der Waals surface area contributed by atoms with E-state index in [4.69, 9.17) is 0 Å². The largest absolute Gasteiger partial charge is 0.418 e. The van der Waals surface area contributed by atoms with E-state index >= 15 is 13.2 Å².